The smallest absolute Gasteiger partial charge is 0.335 e. The average Bonchev–Trinajstić information content (AvgIpc) is 2.27. The molecule has 18 heavy (non-hydrogen) atoms. The molecule has 0 aromatic heterocycles. The predicted octanol–water partition coefficient (Wildman–Crippen LogP) is 2.30. The zero-order valence-electron chi connectivity index (χ0n) is 10.6. The molecule has 0 amide bonds. The fraction of sp³-hybridized carbons (Fsp3) is 0.462. The minimum atomic E-state index is -0.942. The van der Waals surface area contributed by atoms with Crippen LogP contribution in [-0.4, -0.2) is 34.7 Å². The van der Waals surface area contributed by atoms with Crippen molar-refractivity contribution in [3.8, 4) is 0 Å². The van der Waals surface area contributed by atoms with Gasteiger partial charge >= 0.3 is 5.97 Å². The van der Waals surface area contributed by atoms with E-state index < -0.39 is 5.97 Å². The molecule has 1 aliphatic heterocycles. The Morgan fingerprint density at radius 2 is 2.22 bits per heavy atom. The second kappa shape index (κ2) is 4.72. The maximum Gasteiger partial charge on any atom is 0.335 e. The van der Waals surface area contributed by atoms with Crippen molar-refractivity contribution in [2.75, 3.05) is 29.5 Å². The van der Waals surface area contributed by atoms with Gasteiger partial charge in [0.05, 0.1) is 16.9 Å². The van der Waals surface area contributed by atoms with E-state index in [1.54, 1.807) is 6.07 Å². The number of aromatic carboxylic acids is 1. The van der Waals surface area contributed by atoms with Crippen LogP contribution in [0.3, 0.4) is 0 Å². The number of nitrogen functional groups attached to an aromatic ring is 1. The molecule has 0 atom stereocenters. The standard InChI is InChI=1S/C13H18N2O2S/c1-13(2)8-15(5-6-18-13)11-4-3-9(12(16)17)7-10(11)14/h3-4,7H,5-6,8,14H2,1-2H3,(H,16,17). The minimum absolute atomic E-state index is 0.205. The largest absolute Gasteiger partial charge is 0.478 e. The molecule has 0 bridgehead atoms. The Hall–Kier alpha value is -1.36. The van der Waals surface area contributed by atoms with Crippen molar-refractivity contribution in [1.29, 1.82) is 0 Å². The SMILES string of the molecule is CC1(C)CN(c2ccc(C(=O)O)cc2N)CCS1. The summed E-state index contributed by atoms with van der Waals surface area (Å²) in [6.45, 7) is 6.30. The Morgan fingerprint density at radius 1 is 1.50 bits per heavy atom. The Bertz CT molecular complexity index is 474. The number of hydrogen-bond acceptors (Lipinski definition) is 4. The second-order valence-corrected chi connectivity index (χ2v) is 6.91. The van der Waals surface area contributed by atoms with E-state index >= 15 is 0 Å². The first-order valence-corrected chi connectivity index (χ1v) is 6.89. The van der Waals surface area contributed by atoms with E-state index in [9.17, 15) is 4.79 Å². The fourth-order valence-electron chi connectivity index (χ4n) is 2.20. The molecule has 1 heterocycles. The van der Waals surface area contributed by atoms with Gasteiger partial charge in [-0.2, -0.15) is 11.8 Å². The van der Waals surface area contributed by atoms with Gasteiger partial charge in [-0.3, -0.25) is 0 Å². The van der Waals surface area contributed by atoms with E-state index in [-0.39, 0.29) is 10.3 Å². The van der Waals surface area contributed by atoms with Crippen LogP contribution in [0.25, 0.3) is 0 Å². The number of carboxylic acids is 1. The molecule has 4 nitrogen and oxygen atoms in total. The normalized spacial score (nSPS) is 18.7. The fourth-order valence-corrected chi connectivity index (χ4v) is 3.31. The second-order valence-electron chi connectivity index (χ2n) is 5.11. The molecule has 0 saturated carbocycles. The predicted molar refractivity (Wildman–Crippen MR) is 76.6 cm³/mol. The zero-order chi connectivity index (χ0) is 13.3. The lowest BCUT2D eigenvalue weighted by molar-refractivity contribution is 0.0697. The highest BCUT2D eigenvalue weighted by Crippen LogP contribution is 2.34. The van der Waals surface area contributed by atoms with Gasteiger partial charge in [-0.15, -0.1) is 0 Å². The summed E-state index contributed by atoms with van der Waals surface area (Å²) in [5.74, 6) is 0.121. The molecule has 98 valence electrons. The average molecular weight is 266 g/mol. The summed E-state index contributed by atoms with van der Waals surface area (Å²) in [6.07, 6.45) is 0. The first-order chi connectivity index (χ1) is 8.39. The van der Waals surface area contributed by atoms with Crippen LogP contribution in [0.5, 0.6) is 0 Å². The van der Waals surface area contributed by atoms with Crippen molar-refractivity contribution in [2.45, 2.75) is 18.6 Å². The monoisotopic (exact) mass is 266 g/mol. The first kappa shape index (κ1) is 13.1. The molecule has 3 N–H and O–H groups in total. The minimum Gasteiger partial charge on any atom is -0.478 e. The van der Waals surface area contributed by atoms with Crippen LogP contribution in [0.1, 0.15) is 24.2 Å². The van der Waals surface area contributed by atoms with Gasteiger partial charge in [0, 0.05) is 23.6 Å². The number of nitrogens with zero attached hydrogens (tertiary/aromatic N) is 1. The highest BCUT2D eigenvalue weighted by molar-refractivity contribution is 8.00. The Kier molecular flexibility index (Phi) is 3.43. The summed E-state index contributed by atoms with van der Waals surface area (Å²) >= 11 is 1.96. The van der Waals surface area contributed by atoms with Gasteiger partial charge in [-0.1, -0.05) is 0 Å². The van der Waals surface area contributed by atoms with Gasteiger partial charge in [0.2, 0.25) is 0 Å². The number of rotatable bonds is 2. The topological polar surface area (TPSA) is 66.6 Å². The van der Waals surface area contributed by atoms with Crippen LogP contribution in [0.4, 0.5) is 11.4 Å². The Labute approximate surface area is 111 Å². The molecule has 2 rings (SSSR count). The first-order valence-electron chi connectivity index (χ1n) is 5.91. The molecule has 1 saturated heterocycles. The summed E-state index contributed by atoms with van der Waals surface area (Å²) in [6, 6.07) is 4.96. The van der Waals surface area contributed by atoms with Crippen molar-refractivity contribution >= 4 is 29.1 Å². The van der Waals surface area contributed by atoms with Crippen molar-refractivity contribution < 1.29 is 9.90 Å². The quantitative estimate of drug-likeness (QED) is 0.804. The van der Waals surface area contributed by atoms with Crippen LogP contribution in [0.15, 0.2) is 18.2 Å². The zero-order valence-corrected chi connectivity index (χ0v) is 11.5. The molecule has 0 aliphatic carbocycles. The summed E-state index contributed by atoms with van der Waals surface area (Å²) in [7, 11) is 0. The lowest BCUT2D eigenvalue weighted by atomic mass is 10.1. The van der Waals surface area contributed by atoms with E-state index in [1.807, 2.05) is 17.8 Å². The van der Waals surface area contributed by atoms with Gasteiger partial charge in [-0.25, -0.2) is 4.79 Å². The molecule has 1 fully saturated rings. The molecular weight excluding hydrogens is 248 g/mol. The third-order valence-electron chi connectivity index (χ3n) is 3.04. The van der Waals surface area contributed by atoms with Gasteiger partial charge in [0.25, 0.3) is 0 Å². The van der Waals surface area contributed by atoms with Crippen LogP contribution in [-0.2, 0) is 0 Å². The molecule has 5 heteroatoms. The molecular formula is C13H18N2O2S. The lowest BCUT2D eigenvalue weighted by Gasteiger charge is -2.39. The van der Waals surface area contributed by atoms with Gasteiger partial charge in [0.15, 0.2) is 0 Å². The van der Waals surface area contributed by atoms with E-state index in [1.165, 1.54) is 6.07 Å². The summed E-state index contributed by atoms with van der Waals surface area (Å²) in [4.78, 5) is 13.1. The summed E-state index contributed by atoms with van der Waals surface area (Å²) in [5.41, 5.74) is 7.68. The Morgan fingerprint density at radius 3 is 2.78 bits per heavy atom. The third-order valence-corrected chi connectivity index (χ3v) is 4.34. The maximum absolute atomic E-state index is 10.9. The van der Waals surface area contributed by atoms with Gasteiger partial charge in [-0.05, 0) is 32.0 Å². The number of anilines is 2. The molecule has 0 radical (unpaired) electrons. The van der Waals surface area contributed by atoms with Crippen molar-refractivity contribution in [1.82, 2.24) is 0 Å². The van der Waals surface area contributed by atoms with Gasteiger partial charge in [0.1, 0.15) is 0 Å². The number of nitrogens with two attached hydrogens (primary N) is 1. The van der Waals surface area contributed by atoms with Crippen LogP contribution >= 0.6 is 11.8 Å². The Balaban J connectivity index is 2.26. The number of hydrogen-bond donors (Lipinski definition) is 2. The van der Waals surface area contributed by atoms with E-state index in [0.29, 0.717) is 5.69 Å². The summed E-state index contributed by atoms with van der Waals surface area (Å²) in [5, 5.41) is 8.92. The number of carboxylic acid groups (broad SMARTS) is 1. The number of carbonyl (C=O) groups is 1. The summed E-state index contributed by atoms with van der Waals surface area (Å²) < 4.78 is 0.205. The van der Waals surface area contributed by atoms with Gasteiger partial charge < -0.3 is 15.7 Å². The number of benzene rings is 1. The van der Waals surface area contributed by atoms with Crippen LogP contribution < -0.4 is 10.6 Å². The third kappa shape index (κ3) is 2.72. The van der Waals surface area contributed by atoms with Crippen molar-refractivity contribution in [3.05, 3.63) is 23.8 Å². The van der Waals surface area contributed by atoms with E-state index in [4.69, 9.17) is 10.8 Å². The number of thioether (sulfide) groups is 1. The maximum atomic E-state index is 10.9. The lowest BCUT2D eigenvalue weighted by Crippen LogP contribution is -2.43. The van der Waals surface area contributed by atoms with Crippen molar-refractivity contribution in [2.24, 2.45) is 0 Å². The molecule has 0 spiro atoms. The highest BCUT2D eigenvalue weighted by Gasteiger charge is 2.28. The highest BCUT2D eigenvalue weighted by atomic mass is 32.2. The molecule has 0 unspecified atom stereocenters. The molecule has 1 aromatic carbocycles. The van der Waals surface area contributed by atoms with Crippen molar-refractivity contribution in [3.63, 3.8) is 0 Å². The van der Waals surface area contributed by atoms with E-state index in [0.717, 1.165) is 24.5 Å². The molecule has 1 aromatic rings. The molecule has 1 aliphatic rings. The van der Waals surface area contributed by atoms with Crippen LogP contribution in [0, 0.1) is 0 Å². The van der Waals surface area contributed by atoms with E-state index in [2.05, 4.69) is 18.7 Å². The van der Waals surface area contributed by atoms with Crippen LogP contribution in [0.2, 0.25) is 0 Å².